The van der Waals surface area contributed by atoms with Gasteiger partial charge in [0, 0.05) is 11.4 Å². The molecule has 2 aromatic carbocycles. The van der Waals surface area contributed by atoms with E-state index in [9.17, 15) is 4.79 Å². The van der Waals surface area contributed by atoms with E-state index in [-0.39, 0.29) is 0 Å². The second kappa shape index (κ2) is 3.81. The molecular weight excluding hydrogens is 196 g/mol. The first-order valence-electron chi connectivity index (χ1n) is 4.38. The van der Waals surface area contributed by atoms with Gasteiger partial charge in [-0.25, -0.2) is 0 Å². The summed E-state index contributed by atoms with van der Waals surface area (Å²) in [6, 6.07) is 11.6. The molecule has 2 rings (SSSR count). The number of carbonyl (C=O) groups is 1. The number of halogens is 1. The molecule has 0 N–H and O–H groups in total. The Morgan fingerprint density at radius 3 is 2.79 bits per heavy atom. The van der Waals surface area contributed by atoms with Gasteiger partial charge in [-0.15, -0.1) is 11.6 Å². The Labute approximate surface area is 87.3 Å². The Morgan fingerprint density at radius 1 is 1.21 bits per heavy atom. The molecule has 0 fully saturated rings. The highest BCUT2D eigenvalue weighted by molar-refractivity contribution is 6.17. The molecule has 2 heteroatoms. The molecular formula is C12H9ClO. The lowest BCUT2D eigenvalue weighted by molar-refractivity contribution is 0.112. The van der Waals surface area contributed by atoms with Crippen LogP contribution in [-0.2, 0) is 5.88 Å². The molecule has 0 saturated carbocycles. The van der Waals surface area contributed by atoms with Crippen LogP contribution in [-0.4, -0.2) is 6.29 Å². The van der Waals surface area contributed by atoms with E-state index < -0.39 is 0 Å². The molecule has 1 nitrogen and oxygen atoms in total. The number of benzene rings is 2. The van der Waals surface area contributed by atoms with Crippen molar-refractivity contribution < 1.29 is 4.79 Å². The van der Waals surface area contributed by atoms with E-state index in [1.54, 1.807) is 0 Å². The van der Waals surface area contributed by atoms with Gasteiger partial charge in [-0.2, -0.15) is 0 Å². The normalized spacial score (nSPS) is 10.4. The van der Waals surface area contributed by atoms with E-state index in [1.165, 1.54) is 0 Å². The van der Waals surface area contributed by atoms with Crippen molar-refractivity contribution in [3.8, 4) is 0 Å². The summed E-state index contributed by atoms with van der Waals surface area (Å²) in [6.45, 7) is 0. The van der Waals surface area contributed by atoms with E-state index in [2.05, 4.69) is 0 Å². The van der Waals surface area contributed by atoms with Crippen LogP contribution in [0, 0.1) is 0 Å². The Kier molecular flexibility index (Phi) is 2.51. The summed E-state index contributed by atoms with van der Waals surface area (Å²) in [6.07, 6.45) is 0.878. The summed E-state index contributed by atoms with van der Waals surface area (Å²) < 4.78 is 0. The summed E-state index contributed by atoms with van der Waals surface area (Å²) in [4.78, 5) is 10.7. The number of hydrogen-bond acceptors (Lipinski definition) is 1. The first-order chi connectivity index (χ1) is 6.85. The molecule has 0 saturated heterocycles. The molecule has 2 aromatic rings. The van der Waals surface area contributed by atoms with E-state index in [4.69, 9.17) is 11.6 Å². The zero-order valence-corrected chi connectivity index (χ0v) is 8.29. The minimum atomic E-state index is 0.501. The third-order valence-electron chi connectivity index (χ3n) is 2.26. The lowest BCUT2D eigenvalue weighted by atomic mass is 10.0. The molecule has 0 amide bonds. The smallest absolute Gasteiger partial charge is 0.150 e. The maximum absolute atomic E-state index is 10.7. The van der Waals surface area contributed by atoms with Crippen molar-refractivity contribution >= 4 is 28.7 Å². The van der Waals surface area contributed by atoms with Crippen LogP contribution >= 0.6 is 11.6 Å². The highest BCUT2D eigenvalue weighted by Crippen LogP contribution is 2.19. The zero-order chi connectivity index (χ0) is 9.97. The van der Waals surface area contributed by atoms with Gasteiger partial charge >= 0.3 is 0 Å². The van der Waals surface area contributed by atoms with Gasteiger partial charge < -0.3 is 0 Å². The van der Waals surface area contributed by atoms with Crippen LogP contribution < -0.4 is 0 Å². The molecule has 0 radical (unpaired) electrons. The molecule has 0 aromatic heterocycles. The third kappa shape index (κ3) is 1.51. The second-order valence-corrected chi connectivity index (χ2v) is 3.42. The Morgan fingerprint density at radius 2 is 2.07 bits per heavy atom. The van der Waals surface area contributed by atoms with Gasteiger partial charge in [0.25, 0.3) is 0 Å². The molecule has 0 unspecified atom stereocenters. The number of rotatable bonds is 2. The lowest BCUT2D eigenvalue weighted by Crippen LogP contribution is -1.84. The molecule has 14 heavy (non-hydrogen) atoms. The monoisotopic (exact) mass is 204 g/mol. The fourth-order valence-electron chi connectivity index (χ4n) is 1.54. The minimum absolute atomic E-state index is 0.501. The van der Waals surface area contributed by atoms with Crippen LogP contribution in [0.25, 0.3) is 10.8 Å². The standard InChI is InChI=1S/C12H9ClO/c13-7-9-4-5-12-10(6-9)2-1-3-11(12)8-14/h1-6,8H,7H2. The Balaban J connectivity index is 2.73. The first kappa shape index (κ1) is 9.22. The molecule has 0 bridgehead atoms. The fraction of sp³-hybridized carbons (Fsp3) is 0.0833. The van der Waals surface area contributed by atoms with E-state index in [0.717, 1.165) is 28.2 Å². The number of alkyl halides is 1. The highest BCUT2D eigenvalue weighted by Gasteiger charge is 1.99. The molecule has 0 heterocycles. The SMILES string of the molecule is O=Cc1cccc2cc(CCl)ccc12. The summed E-state index contributed by atoms with van der Waals surface area (Å²) in [5.74, 6) is 0.501. The van der Waals surface area contributed by atoms with Crippen molar-refractivity contribution in [3.05, 3.63) is 47.5 Å². The van der Waals surface area contributed by atoms with Crippen molar-refractivity contribution in [3.63, 3.8) is 0 Å². The van der Waals surface area contributed by atoms with Crippen molar-refractivity contribution in [2.75, 3.05) is 0 Å². The summed E-state index contributed by atoms with van der Waals surface area (Å²) >= 11 is 5.73. The van der Waals surface area contributed by atoms with Crippen LogP contribution in [0.3, 0.4) is 0 Å². The van der Waals surface area contributed by atoms with Gasteiger partial charge in [0.15, 0.2) is 6.29 Å². The van der Waals surface area contributed by atoms with Crippen molar-refractivity contribution in [1.82, 2.24) is 0 Å². The quantitative estimate of drug-likeness (QED) is 0.541. The van der Waals surface area contributed by atoms with Crippen LogP contribution in [0.2, 0.25) is 0 Å². The molecule has 70 valence electrons. The predicted molar refractivity (Wildman–Crippen MR) is 58.9 cm³/mol. The number of hydrogen-bond donors (Lipinski definition) is 0. The van der Waals surface area contributed by atoms with Crippen molar-refractivity contribution in [2.45, 2.75) is 5.88 Å². The van der Waals surface area contributed by atoms with Crippen LogP contribution in [0.1, 0.15) is 15.9 Å². The topological polar surface area (TPSA) is 17.1 Å². The summed E-state index contributed by atoms with van der Waals surface area (Å²) in [7, 11) is 0. The highest BCUT2D eigenvalue weighted by atomic mass is 35.5. The van der Waals surface area contributed by atoms with Gasteiger partial charge in [-0.05, 0) is 22.4 Å². The number of fused-ring (bicyclic) bond motifs is 1. The van der Waals surface area contributed by atoms with E-state index >= 15 is 0 Å². The summed E-state index contributed by atoms with van der Waals surface area (Å²) in [5.41, 5.74) is 1.80. The van der Waals surface area contributed by atoms with Gasteiger partial charge in [0.1, 0.15) is 0 Å². The van der Waals surface area contributed by atoms with Crippen molar-refractivity contribution in [1.29, 1.82) is 0 Å². The van der Waals surface area contributed by atoms with Crippen LogP contribution in [0.5, 0.6) is 0 Å². The second-order valence-electron chi connectivity index (χ2n) is 3.15. The first-order valence-corrected chi connectivity index (χ1v) is 4.91. The number of carbonyl (C=O) groups excluding carboxylic acids is 1. The molecule has 0 aliphatic carbocycles. The maximum Gasteiger partial charge on any atom is 0.150 e. The minimum Gasteiger partial charge on any atom is -0.298 e. The molecule has 0 aliphatic heterocycles. The largest absolute Gasteiger partial charge is 0.298 e. The fourth-order valence-corrected chi connectivity index (χ4v) is 1.71. The van der Waals surface area contributed by atoms with Gasteiger partial charge in [-0.3, -0.25) is 4.79 Å². The Hall–Kier alpha value is -1.34. The Bertz CT molecular complexity index is 477. The molecule has 0 spiro atoms. The average molecular weight is 205 g/mol. The van der Waals surface area contributed by atoms with Gasteiger partial charge in [-0.1, -0.05) is 30.3 Å². The third-order valence-corrected chi connectivity index (χ3v) is 2.57. The van der Waals surface area contributed by atoms with Gasteiger partial charge in [0.2, 0.25) is 0 Å². The molecule has 0 atom stereocenters. The van der Waals surface area contributed by atoms with Crippen LogP contribution in [0.15, 0.2) is 36.4 Å². The van der Waals surface area contributed by atoms with E-state index in [0.29, 0.717) is 5.88 Å². The van der Waals surface area contributed by atoms with Crippen LogP contribution in [0.4, 0.5) is 0 Å². The van der Waals surface area contributed by atoms with E-state index in [1.807, 2.05) is 36.4 Å². The van der Waals surface area contributed by atoms with Gasteiger partial charge in [0.05, 0.1) is 0 Å². The molecule has 0 aliphatic rings. The average Bonchev–Trinajstić information content (AvgIpc) is 2.27. The van der Waals surface area contributed by atoms with Crippen molar-refractivity contribution in [2.24, 2.45) is 0 Å². The number of aldehydes is 1. The maximum atomic E-state index is 10.7. The summed E-state index contributed by atoms with van der Waals surface area (Å²) in [5, 5.41) is 2.05. The lowest BCUT2D eigenvalue weighted by Gasteiger charge is -2.02. The predicted octanol–water partition coefficient (Wildman–Crippen LogP) is 3.39. The zero-order valence-electron chi connectivity index (χ0n) is 7.53.